The first-order valence-corrected chi connectivity index (χ1v) is 6.72. The first-order valence-electron chi connectivity index (χ1n) is 6.72. The summed E-state index contributed by atoms with van der Waals surface area (Å²) in [4.78, 5) is 13.3. The van der Waals surface area contributed by atoms with Crippen LogP contribution in [-0.2, 0) is 11.2 Å². The van der Waals surface area contributed by atoms with Crippen LogP contribution < -0.4 is 16.4 Å². The van der Waals surface area contributed by atoms with E-state index < -0.39 is 0 Å². The standard InChI is InChI=1S/C15H23N3O/c1-15(2,17)7-6-12(16)10-4-5-13-11(8-10)9-14(19)18(13)3/h4-5,8,12H,6-7,9,16-17H2,1-3H3. The molecule has 0 saturated heterocycles. The highest BCUT2D eigenvalue weighted by atomic mass is 16.2. The number of amides is 1. The second-order valence-corrected chi connectivity index (χ2v) is 6.15. The van der Waals surface area contributed by atoms with Crippen LogP contribution in [0.4, 0.5) is 5.69 Å². The van der Waals surface area contributed by atoms with Crippen molar-refractivity contribution in [2.24, 2.45) is 11.5 Å². The molecule has 4 heteroatoms. The lowest BCUT2D eigenvalue weighted by Gasteiger charge is -2.21. The first-order chi connectivity index (χ1) is 8.78. The van der Waals surface area contributed by atoms with E-state index in [1.807, 2.05) is 33.0 Å². The van der Waals surface area contributed by atoms with E-state index in [0.717, 1.165) is 29.7 Å². The van der Waals surface area contributed by atoms with Gasteiger partial charge < -0.3 is 16.4 Å². The van der Waals surface area contributed by atoms with Gasteiger partial charge in [-0.15, -0.1) is 0 Å². The smallest absolute Gasteiger partial charge is 0.231 e. The summed E-state index contributed by atoms with van der Waals surface area (Å²) in [7, 11) is 1.81. The maximum Gasteiger partial charge on any atom is 0.231 e. The highest BCUT2D eigenvalue weighted by Gasteiger charge is 2.24. The van der Waals surface area contributed by atoms with Crippen LogP contribution in [0.2, 0.25) is 0 Å². The van der Waals surface area contributed by atoms with E-state index in [4.69, 9.17) is 11.5 Å². The van der Waals surface area contributed by atoms with Gasteiger partial charge in [0.2, 0.25) is 5.91 Å². The van der Waals surface area contributed by atoms with E-state index in [2.05, 4.69) is 6.07 Å². The van der Waals surface area contributed by atoms with E-state index >= 15 is 0 Å². The lowest BCUT2D eigenvalue weighted by atomic mass is 9.93. The lowest BCUT2D eigenvalue weighted by Crippen LogP contribution is -2.32. The van der Waals surface area contributed by atoms with Crippen LogP contribution in [0.25, 0.3) is 0 Å². The summed E-state index contributed by atoms with van der Waals surface area (Å²) in [5.41, 5.74) is 15.2. The number of likely N-dealkylation sites (N-methyl/N-ethyl adjacent to an activating group) is 1. The molecule has 0 bridgehead atoms. The zero-order chi connectivity index (χ0) is 14.2. The second kappa shape index (κ2) is 4.94. The number of rotatable bonds is 4. The molecule has 1 aliphatic rings. The molecule has 1 heterocycles. The van der Waals surface area contributed by atoms with Gasteiger partial charge in [0.25, 0.3) is 0 Å². The van der Waals surface area contributed by atoms with Gasteiger partial charge in [0.1, 0.15) is 0 Å². The Bertz CT molecular complexity index is 491. The van der Waals surface area contributed by atoms with E-state index in [-0.39, 0.29) is 17.5 Å². The van der Waals surface area contributed by atoms with Crippen molar-refractivity contribution >= 4 is 11.6 Å². The van der Waals surface area contributed by atoms with E-state index in [1.165, 1.54) is 0 Å². The van der Waals surface area contributed by atoms with Crippen molar-refractivity contribution in [2.75, 3.05) is 11.9 Å². The summed E-state index contributed by atoms with van der Waals surface area (Å²) in [6.07, 6.45) is 2.21. The molecular weight excluding hydrogens is 238 g/mol. The quantitative estimate of drug-likeness (QED) is 0.867. The molecule has 0 radical (unpaired) electrons. The van der Waals surface area contributed by atoms with Crippen molar-refractivity contribution in [1.29, 1.82) is 0 Å². The van der Waals surface area contributed by atoms with Gasteiger partial charge in [0.15, 0.2) is 0 Å². The summed E-state index contributed by atoms with van der Waals surface area (Å²) >= 11 is 0. The maximum atomic E-state index is 11.6. The first kappa shape index (κ1) is 14.0. The van der Waals surface area contributed by atoms with Crippen LogP contribution in [0.1, 0.15) is 43.9 Å². The van der Waals surface area contributed by atoms with Gasteiger partial charge in [0.05, 0.1) is 6.42 Å². The Labute approximate surface area is 114 Å². The monoisotopic (exact) mass is 261 g/mol. The summed E-state index contributed by atoms with van der Waals surface area (Å²) in [6.45, 7) is 4.02. The number of fused-ring (bicyclic) bond motifs is 1. The van der Waals surface area contributed by atoms with Crippen molar-refractivity contribution in [3.63, 3.8) is 0 Å². The summed E-state index contributed by atoms with van der Waals surface area (Å²) in [5, 5.41) is 0. The van der Waals surface area contributed by atoms with Crippen LogP contribution in [0.15, 0.2) is 18.2 Å². The summed E-state index contributed by atoms with van der Waals surface area (Å²) in [6, 6.07) is 6.05. The number of carbonyl (C=O) groups is 1. The van der Waals surface area contributed by atoms with Crippen LogP contribution in [0, 0.1) is 0 Å². The Kier molecular flexibility index (Phi) is 3.65. The van der Waals surface area contributed by atoms with Gasteiger partial charge in [-0.05, 0) is 43.9 Å². The minimum Gasteiger partial charge on any atom is -0.326 e. The molecule has 4 nitrogen and oxygen atoms in total. The van der Waals surface area contributed by atoms with Crippen LogP contribution in [0.5, 0.6) is 0 Å². The van der Waals surface area contributed by atoms with Gasteiger partial charge in [-0.3, -0.25) is 4.79 Å². The minimum atomic E-state index is -0.190. The van der Waals surface area contributed by atoms with Crippen LogP contribution in [-0.4, -0.2) is 18.5 Å². The van der Waals surface area contributed by atoms with Crippen LogP contribution in [0.3, 0.4) is 0 Å². The molecular formula is C15H23N3O. The fourth-order valence-corrected chi connectivity index (χ4v) is 2.41. The molecule has 0 fully saturated rings. The van der Waals surface area contributed by atoms with E-state index in [9.17, 15) is 4.79 Å². The van der Waals surface area contributed by atoms with Crippen molar-refractivity contribution in [3.8, 4) is 0 Å². The summed E-state index contributed by atoms with van der Waals surface area (Å²) in [5.74, 6) is 0.142. The molecule has 1 amide bonds. The third-order valence-electron chi connectivity index (χ3n) is 3.71. The Morgan fingerprint density at radius 2 is 2.11 bits per heavy atom. The Balaban J connectivity index is 2.11. The molecule has 104 valence electrons. The molecule has 0 saturated carbocycles. The lowest BCUT2D eigenvalue weighted by molar-refractivity contribution is -0.117. The average Bonchev–Trinajstić information content (AvgIpc) is 2.61. The summed E-state index contributed by atoms with van der Waals surface area (Å²) < 4.78 is 0. The van der Waals surface area contributed by atoms with Crippen molar-refractivity contribution in [1.82, 2.24) is 0 Å². The Morgan fingerprint density at radius 1 is 1.42 bits per heavy atom. The zero-order valence-electron chi connectivity index (χ0n) is 11.9. The number of nitrogens with two attached hydrogens (primary N) is 2. The number of anilines is 1. The van der Waals surface area contributed by atoms with Gasteiger partial charge in [-0.25, -0.2) is 0 Å². The van der Waals surface area contributed by atoms with Gasteiger partial charge in [0, 0.05) is 24.3 Å². The number of carbonyl (C=O) groups excluding carboxylic acids is 1. The maximum absolute atomic E-state index is 11.6. The van der Waals surface area contributed by atoms with Crippen molar-refractivity contribution in [2.45, 2.75) is 44.7 Å². The van der Waals surface area contributed by atoms with Gasteiger partial charge in [-0.1, -0.05) is 12.1 Å². The molecule has 4 N–H and O–H groups in total. The van der Waals surface area contributed by atoms with E-state index in [0.29, 0.717) is 6.42 Å². The predicted octanol–water partition coefficient (Wildman–Crippen LogP) is 1.72. The normalized spacial score (nSPS) is 16.7. The van der Waals surface area contributed by atoms with Gasteiger partial charge >= 0.3 is 0 Å². The fourth-order valence-electron chi connectivity index (χ4n) is 2.41. The van der Waals surface area contributed by atoms with Crippen molar-refractivity contribution in [3.05, 3.63) is 29.3 Å². The Morgan fingerprint density at radius 3 is 2.74 bits per heavy atom. The average molecular weight is 261 g/mol. The highest BCUT2D eigenvalue weighted by Crippen LogP contribution is 2.30. The number of benzene rings is 1. The SMILES string of the molecule is CN1C(=O)Cc2cc(C(N)CCC(C)(C)N)ccc21. The predicted molar refractivity (Wildman–Crippen MR) is 78.0 cm³/mol. The number of hydrogen-bond donors (Lipinski definition) is 2. The number of hydrogen-bond acceptors (Lipinski definition) is 3. The zero-order valence-corrected chi connectivity index (χ0v) is 11.9. The molecule has 1 aromatic rings. The Hall–Kier alpha value is -1.39. The molecule has 1 atom stereocenters. The molecule has 19 heavy (non-hydrogen) atoms. The van der Waals surface area contributed by atoms with Crippen LogP contribution >= 0.6 is 0 Å². The molecule has 1 aromatic carbocycles. The minimum absolute atomic E-state index is 0.0193. The molecule has 2 rings (SSSR count). The highest BCUT2D eigenvalue weighted by molar-refractivity contribution is 6.00. The van der Waals surface area contributed by atoms with Crippen molar-refractivity contribution < 1.29 is 4.79 Å². The molecule has 0 spiro atoms. The van der Waals surface area contributed by atoms with E-state index in [1.54, 1.807) is 4.90 Å². The second-order valence-electron chi connectivity index (χ2n) is 6.15. The third kappa shape index (κ3) is 3.14. The molecule has 0 aliphatic carbocycles. The molecule has 1 unspecified atom stereocenters. The van der Waals surface area contributed by atoms with Gasteiger partial charge in [-0.2, -0.15) is 0 Å². The topological polar surface area (TPSA) is 72.3 Å². The molecule has 0 aromatic heterocycles. The largest absolute Gasteiger partial charge is 0.326 e. The number of nitrogens with zero attached hydrogens (tertiary/aromatic N) is 1. The fraction of sp³-hybridized carbons (Fsp3) is 0.533. The third-order valence-corrected chi connectivity index (χ3v) is 3.71. The molecule has 1 aliphatic heterocycles.